The van der Waals surface area contributed by atoms with Gasteiger partial charge in [0.25, 0.3) is 0 Å². The van der Waals surface area contributed by atoms with Gasteiger partial charge in [0.15, 0.2) is 0 Å². The maximum Gasteiger partial charge on any atom is 0.0651 e. The molecule has 4 aliphatic carbocycles. The number of rotatable bonds is 16. The summed E-state index contributed by atoms with van der Waals surface area (Å²) in [6.07, 6.45) is 44.8. The molecule has 0 aromatic heterocycles. The lowest BCUT2D eigenvalue weighted by Crippen LogP contribution is -2.25. The second-order valence-electron chi connectivity index (χ2n) is 15.4. The zero-order valence-corrected chi connectivity index (χ0v) is 27.7. The van der Waals surface area contributed by atoms with Crippen molar-refractivity contribution in [3.8, 4) is 0 Å². The van der Waals surface area contributed by atoms with Gasteiger partial charge in [0, 0.05) is 0 Å². The molecule has 0 aromatic carbocycles. The predicted molar refractivity (Wildman–Crippen MR) is 179 cm³/mol. The van der Waals surface area contributed by atoms with E-state index in [1.54, 1.807) is 0 Å². The summed E-state index contributed by atoms with van der Waals surface area (Å²) in [4.78, 5) is 0. The molecule has 0 aromatic rings. The predicted octanol–water partition coefficient (Wildman–Crippen LogP) is 12.5. The van der Waals surface area contributed by atoms with Gasteiger partial charge in [0.05, 0.1) is 13.2 Å². The quantitative estimate of drug-likeness (QED) is 0.133. The van der Waals surface area contributed by atoms with Crippen molar-refractivity contribution < 1.29 is 4.74 Å². The second-order valence-corrected chi connectivity index (χ2v) is 15.4. The lowest BCUT2D eigenvalue weighted by Gasteiger charge is -2.37. The van der Waals surface area contributed by atoms with Gasteiger partial charge >= 0.3 is 0 Å². The van der Waals surface area contributed by atoms with Crippen molar-refractivity contribution in [2.45, 2.75) is 168 Å². The number of unbranched alkanes of at least 4 members (excludes halogenated alkanes) is 2. The smallest absolute Gasteiger partial charge is 0.0651 e. The highest BCUT2D eigenvalue weighted by molar-refractivity contribution is 4.90. The summed E-state index contributed by atoms with van der Waals surface area (Å²) < 4.78 is 5.90. The zero-order valence-electron chi connectivity index (χ0n) is 27.7. The monoisotopic (exact) mass is 567 g/mol. The third-order valence-electron chi connectivity index (χ3n) is 12.5. The van der Waals surface area contributed by atoms with Crippen LogP contribution in [0.15, 0.2) is 24.3 Å². The van der Waals surface area contributed by atoms with Crippen LogP contribution in [0.2, 0.25) is 0 Å². The lowest BCUT2D eigenvalue weighted by molar-refractivity contribution is 0.143. The Kier molecular flexibility index (Phi) is 16.0. The van der Waals surface area contributed by atoms with Gasteiger partial charge < -0.3 is 4.74 Å². The summed E-state index contributed by atoms with van der Waals surface area (Å²) in [6.45, 7) is 6.25. The van der Waals surface area contributed by atoms with Crippen LogP contribution in [-0.2, 0) is 4.74 Å². The Balaban J connectivity index is 0.961. The SMILES string of the molecule is CCCCC1CCC(C2CCC(CC=CCOCC=CCC3CCC(C4CCC(CCCC)CC4)CC3)CC2)CC1. The molecule has 4 rings (SSSR count). The molecule has 0 spiro atoms. The summed E-state index contributed by atoms with van der Waals surface area (Å²) in [5.41, 5.74) is 0. The van der Waals surface area contributed by atoms with Gasteiger partial charge in [-0.05, 0) is 137 Å². The molecule has 0 atom stereocenters. The molecule has 4 fully saturated rings. The average molecular weight is 567 g/mol. The highest BCUT2D eigenvalue weighted by Gasteiger charge is 2.31. The molecule has 4 saturated carbocycles. The van der Waals surface area contributed by atoms with E-state index in [1.807, 2.05) is 0 Å². The summed E-state index contributed by atoms with van der Waals surface area (Å²) in [6, 6.07) is 0. The molecular formula is C40H70O. The van der Waals surface area contributed by atoms with E-state index in [-0.39, 0.29) is 0 Å². The van der Waals surface area contributed by atoms with Crippen LogP contribution in [0.25, 0.3) is 0 Å². The van der Waals surface area contributed by atoms with Crippen molar-refractivity contribution in [1.29, 1.82) is 0 Å². The molecule has 0 unspecified atom stereocenters. The third kappa shape index (κ3) is 12.2. The fraction of sp³-hybridized carbons (Fsp3) is 0.900. The standard InChI is InChI=1S/C40H70O/c1-3-5-11-33-15-23-37(24-16-33)39-27-19-35(20-28-39)13-7-9-31-41-32-10-8-14-36-21-29-40(30-22-36)38-25-17-34(18-26-38)12-6-4-2/h7-10,33-40H,3-6,11-32H2,1-2H3. The van der Waals surface area contributed by atoms with Gasteiger partial charge in [0.2, 0.25) is 0 Å². The summed E-state index contributed by atoms with van der Waals surface area (Å²) in [5.74, 6) is 8.20. The van der Waals surface area contributed by atoms with Gasteiger partial charge in [-0.2, -0.15) is 0 Å². The van der Waals surface area contributed by atoms with Gasteiger partial charge in [-0.1, -0.05) is 102 Å². The summed E-state index contributed by atoms with van der Waals surface area (Å²) in [5, 5.41) is 0. The van der Waals surface area contributed by atoms with E-state index in [2.05, 4.69) is 38.2 Å². The van der Waals surface area contributed by atoms with Gasteiger partial charge in [-0.25, -0.2) is 0 Å². The Hall–Kier alpha value is -0.560. The average Bonchev–Trinajstić information content (AvgIpc) is 3.03. The fourth-order valence-electron chi connectivity index (χ4n) is 9.59. The minimum atomic E-state index is 0.784. The molecule has 1 nitrogen and oxygen atoms in total. The van der Waals surface area contributed by atoms with E-state index in [1.165, 1.54) is 154 Å². The van der Waals surface area contributed by atoms with Crippen LogP contribution in [0.5, 0.6) is 0 Å². The first-order chi connectivity index (χ1) is 20.2. The first-order valence-electron chi connectivity index (χ1n) is 19.1. The van der Waals surface area contributed by atoms with Crippen molar-refractivity contribution in [3.63, 3.8) is 0 Å². The third-order valence-corrected chi connectivity index (χ3v) is 12.5. The van der Waals surface area contributed by atoms with Crippen LogP contribution in [-0.4, -0.2) is 13.2 Å². The minimum Gasteiger partial charge on any atom is -0.373 e. The summed E-state index contributed by atoms with van der Waals surface area (Å²) in [7, 11) is 0. The molecule has 0 N–H and O–H groups in total. The van der Waals surface area contributed by atoms with Crippen molar-refractivity contribution in [2.75, 3.05) is 13.2 Å². The van der Waals surface area contributed by atoms with E-state index in [0.29, 0.717) is 0 Å². The zero-order chi connectivity index (χ0) is 28.5. The molecule has 0 bridgehead atoms. The second kappa shape index (κ2) is 19.7. The van der Waals surface area contributed by atoms with Gasteiger partial charge in [0.1, 0.15) is 0 Å². The highest BCUT2D eigenvalue weighted by Crippen LogP contribution is 2.44. The molecule has 0 amide bonds. The van der Waals surface area contributed by atoms with Crippen LogP contribution < -0.4 is 0 Å². The van der Waals surface area contributed by atoms with Crippen LogP contribution in [0.3, 0.4) is 0 Å². The van der Waals surface area contributed by atoms with Crippen LogP contribution in [0.1, 0.15) is 168 Å². The molecule has 236 valence electrons. The molecule has 0 heterocycles. The molecule has 0 aliphatic heterocycles. The maximum atomic E-state index is 5.90. The van der Waals surface area contributed by atoms with Crippen LogP contribution in [0.4, 0.5) is 0 Å². The number of allylic oxidation sites excluding steroid dienone is 2. The van der Waals surface area contributed by atoms with Crippen molar-refractivity contribution >= 4 is 0 Å². The summed E-state index contributed by atoms with van der Waals surface area (Å²) >= 11 is 0. The van der Waals surface area contributed by atoms with E-state index in [9.17, 15) is 0 Å². The van der Waals surface area contributed by atoms with Gasteiger partial charge in [-0.15, -0.1) is 0 Å². The number of hydrogen-bond acceptors (Lipinski definition) is 1. The van der Waals surface area contributed by atoms with Crippen molar-refractivity contribution in [1.82, 2.24) is 0 Å². The van der Waals surface area contributed by atoms with Gasteiger partial charge in [-0.3, -0.25) is 0 Å². The Morgan fingerprint density at radius 1 is 0.415 bits per heavy atom. The van der Waals surface area contributed by atoms with Crippen molar-refractivity contribution in [3.05, 3.63) is 24.3 Å². The molecule has 4 aliphatic rings. The first kappa shape index (κ1) is 33.3. The lowest BCUT2D eigenvalue weighted by atomic mass is 9.68. The van der Waals surface area contributed by atoms with Crippen molar-refractivity contribution in [2.24, 2.45) is 47.3 Å². The van der Waals surface area contributed by atoms with E-state index in [4.69, 9.17) is 4.74 Å². The minimum absolute atomic E-state index is 0.784. The Morgan fingerprint density at radius 3 is 1.05 bits per heavy atom. The molecule has 1 heteroatoms. The van der Waals surface area contributed by atoms with Crippen LogP contribution in [0, 0.1) is 47.3 Å². The van der Waals surface area contributed by atoms with E-state index in [0.717, 1.165) is 60.6 Å². The molecular weight excluding hydrogens is 496 g/mol. The Bertz CT molecular complexity index is 630. The number of ether oxygens (including phenoxy) is 1. The number of hydrogen-bond donors (Lipinski definition) is 0. The Labute approximate surface area is 257 Å². The Morgan fingerprint density at radius 2 is 0.732 bits per heavy atom. The molecule has 0 saturated heterocycles. The highest BCUT2D eigenvalue weighted by atomic mass is 16.5. The normalized spacial score (nSPS) is 35.4. The first-order valence-corrected chi connectivity index (χ1v) is 19.1. The van der Waals surface area contributed by atoms with Crippen LogP contribution >= 0.6 is 0 Å². The topological polar surface area (TPSA) is 9.23 Å². The largest absolute Gasteiger partial charge is 0.373 e. The molecule has 41 heavy (non-hydrogen) atoms. The fourth-order valence-corrected chi connectivity index (χ4v) is 9.59. The molecule has 0 radical (unpaired) electrons. The maximum absolute atomic E-state index is 5.90. The van der Waals surface area contributed by atoms with E-state index < -0.39 is 0 Å². The van der Waals surface area contributed by atoms with E-state index >= 15 is 0 Å².